The number of amides is 2. The summed E-state index contributed by atoms with van der Waals surface area (Å²) in [4.78, 5) is 24.8. The third kappa shape index (κ3) is 8.00. The Kier molecular flexibility index (Phi) is 10.1. The average molecular weight is 548 g/mol. The summed E-state index contributed by atoms with van der Waals surface area (Å²) in [7, 11) is 0. The number of halogens is 1. The fraction of sp³-hybridized carbons (Fsp3) is 0.179. The predicted octanol–water partition coefficient (Wildman–Crippen LogP) is 5.13. The highest BCUT2D eigenvalue weighted by atomic mass is 79.9. The first kappa shape index (κ1) is 26.5. The van der Waals surface area contributed by atoms with Gasteiger partial charge in [0.2, 0.25) is 0 Å². The van der Waals surface area contributed by atoms with E-state index >= 15 is 0 Å². The molecule has 0 aliphatic rings. The molecule has 36 heavy (non-hydrogen) atoms. The molecule has 0 aromatic heterocycles. The normalized spacial score (nSPS) is 10.8. The second-order valence-electron chi connectivity index (χ2n) is 7.62. The Bertz CT molecular complexity index is 1260. The van der Waals surface area contributed by atoms with Gasteiger partial charge in [0.1, 0.15) is 11.6 Å². The number of rotatable bonds is 11. The van der Waals surface area contributed by atoms with Gasteiger partial charge in [-0.25, -0.2) is 0 Å². The number of ether oxygens (including phenoxy) is 2. The van der Waals surface area contributed by atoms with E-state index in [0.29, 0.717) is 46.8 Å². The van der Waals surface area contributed by atoms with Gasteiger partial charge in [-0.2, -0.15) is 5.26 Å². The van der Waals surface area contributed by atoms with Crippen molar-refractivity contribution in [1.29, 1.82) is 5.26 Å². The summed E-state index contributed by atoms with van der Waals surface area (Å²) >= 11 is 3.46. The topological polar surface area (TPSA) is 100 Å². The molecular weight excluding hydrogens is 522 g/mol. The lowest BCUT2D eigenvalue weighted by Crippen LogP contribution is -2.26. The molecule has 2 N–H and O–H groups in total. The molecule has 0 radical (unpaired) electrons. The van der Waals surface area contributed by atoms with E-state index in [1.54, 1.807) is 24.3 Å². The number of benzene rings is 3. The van der Waals surface area contributed by atoms with Gasteiger partial charge in [0, 0.05) is 16.7 Å². The number of carbonyl (C=O) groups excluding carboxylic acids is 2. The van der Waals surface area contributed by atoms with Gasteiger partial charge in [-0.1, -0.05) is 64.5 Å². The molecule has 3 rings (SSSR count). The van der Waals surface area contributed by atoms with Crippen LogP contribution in [0.15, 0.2) is 82.8 Å². The molecule has 0 unspecified atom stereocenters. The van der Waals surface area contributed by atoms with Crippen LogP contribution in [-0.2, 0) is 16.0 Å². The SMILES string of the molecule is CCOc1cc(C=C(C#N)C(=O)NCCc2ccccc2)c(Br)cc1OCC(=O)Nc1ccccc1. The summed E-state index contributed by atoms with van der Waals surface area (Å²) in [6, 6.07) is 24.1. The standard InChI is InChI=1S/C28H26BrN3O4/c1-2-35-25-16-21(15-22(18-30)28(34)31-14-13-20-9-5-3-6-10-20)24(29)17-26(25)36-19-27(33)32-23-11-7-4-8-12-23/h3-12,15-17H,2,13-14,19H2,1H3,(H,31,34)(H,32,33). The largest absolute Gasteiger partial charge is 0.490 e. The van der Waals surface area contributed by atoms with E-state index in [1.165, 1.54) is 6.08 Å². The number of para-hydroxylation sites is 1. The Balaban J connectivity index is 1.68. The zero-order valence-corrected chi connectivity index (χ0v) is 21.4. The molecule has 0 atom stereocenters. The zero-order valence-electron chi connectivity index (χ0n) is 19.8. The lowest BCUT2D eigenvalue weighted by Gasteiger charge is -2.14. The number of nitrogens with one attached hydrogen (secondary N) is 2. The van der Waals surface area contributed by atoms with Gasteiger partial charge in [0.05, 0.1) is 6.61 Å². The molecule has 0 fully saturated rings. The van der Waals surface area contributed by atoms with Crippen LogP contribution in [-0.4, -0.2) is 31.6 Å². The van der Waals surface area contributed by atoms with Gasteiger partial charge < -0.3 is 20.1 Å². The highest BCUT2D eigenvalue weighted by Gasteiger charge is 2.15. The molecule has 7 nitrogen and oxygen atoms in total. The van der Waals surface area contributed by atoms with Gasteiger partial charge in [-0.15, -0.1) is 0 Å². The van der Waals surface area contributed by atoms with Crippen LogP contribution in [0.25, 0.3) is 6.08 Å². The molecular formula is C28H26BrN3O4. The fourth-order valence-electron chi connectivity index (χ4n) is 3.27. The number of hydrogen-bond donors (Lipinski definition) is 2. The van der Waals surface area contributed by atoms with Crippen molar-refractivity contribution in [3.63, 3.8) is 0 Å². The molecule has 8 heteroatoms. The fourth-order valence-corrected chi connectivity index (χ4v) is 3.71. The van der Waals surface area contributed by atoms with Crippen molar-refractivity contribution < 1.29 is 19.1 Å². The third-order valence-electron chi connectivity index (χ3n) is 4.99. The van der Waals surface area contributed by atoms with Crippen molar-refractivity contribution >= 4 is 39.5 Å². The molecule has 0 saturated heterocycles. The minimum Gasteiger partial charge on any atom is -0.490 e. The van der Waals surface area contributed by atoms with Crippen LogP contribution < -0.4 is 20.1 Å². The number of hydrogen-bond acceptors (Lipinski definition) is 5. The van der Waals surface area contributed by atoms with Gasteiger partial charge in [-0.05, 0) is 54.8 Å². The molecule has 0 spiro atoms. The number of nitrogens with zero attached hydrogens (tertiary/aromatic N) is 1. The molecule has 3 aromatic carbocycles. The minimum absolute atomic E-state index is 0.0397. The van der Waals surface area contributed by atoms with Crippen molar-refractivity contribution in [2.75, 3.05) is 25.1 Å². The van der Waals surface area contributed by atoms with Gasteiger partial charge in [-0.3, -0.25) is 9.59 Å². The van der Waals surface area contributed by atoms with Gasteiger partial charge >= 0.3 is 0 Å². The zero-order chi connectivity index (χ0) is 25.8. The number of nitriles is 1. The Hall–Kier alpha value is -4.09. The monoisotopic (exact) mass is 547 g/mol. The summed E-state index contributed by atoms with van der Waals surface area (Å²) in [5.41, 5.74) is 2.29. The summed E-state index contributed by atoms with van der Waals surface area (Å²) in [6.07, 6.45) is 2.14. The van der Waals surface area contributed by atoms with Crippen molar-refractivity contribution in [3.05, 3.63) is 94.0 Å². The van der Waals surface area contributed by atoms with Crippen molar-refractivity contribution in [3.8, 4) is 17.6 Å². The average Bonchev–Trinajstić information content (AvgIpc) is 2.89. The van der Waals surface area contributed by atoms with E-state index in [-0.39, 0.29) is 18.1 Å². The van der Waals surface area contributed by atoms with Crippen molar-refractivity contribution in [2.45, 2.75) is 13.3 Å². The summed E-state index contributed by atoms with van der Waals surface area (Å²) in [5, 5.41) is 15.1. The van der Waals surface area contributed by atoms with Crippen LogP contribution in [0, 0.1) is 11.3 Å². The van der Waals surface area contributed by atoms with Crippen LogP contribution in [0.1, 0.15) is 18.1 Å². The Morgan fingerprint density at radius 3 is 2.33 bits per heavy atom. The van der Waals surface area contributed by atoms with E-state index < -0.39 is 5.91 Å². The second-order valence-corrected chi connectivity index (χ2v) is 8.47. The second kappa shape index (κ2) is 13.7. The van der Waals surface area contributed by atoms with Crippen molar-refractivity contribution in [1.82, 2.24) is 5.32 Å². The van der Waals surface area contributed by atoms with Crippen LogP contribution in [0.2, 0.25) is 0 Å². The van der Waals surface area contributed by atoms with Crippen LogP contribution in [0.3, 0.4) is 0 Å². The minimum atomic E-state index is -0.462. The quantitative estimate of drug-likeness (QED) is 0.256. The van der Waals surface area contributed by atoms with Gasteiger partial charge in [0.15, 0.2) is 18.1 Å². The smallest absolute Gasteiger partial charge is 0.262 e. The van der Waals surface area contributed by atoms with Crippen LogP contribution in [0.5, 0.6) is 11.5 Å². The van der Waals surface area contributed by atoms with E-state index in [9.17, 15) is 14.9 Å². The molecule has 0 bridgehead atoms. The van der Waals surface area contributed by atoms with Crippen LogP contribution >= 0.6 is 15.9 Å². The molecule has 0 heterocycles. The van der Waals surface area contributed by atoms with E-state index in [1.807, 2.05) is 61.5 Å². The maximum atomic E-state index is 12.6. The first-order valence-corrected chi connectivity index (χ1v) is 12.2. The lowest BCUT2D eigenvalue weighted by atomic mass is 10.1. The first-order valence-electron chi connectivity index (χ1n) is 11.4. The van der Waals surface area contributed by atoms with E-state index in [0.717, 1.165) is 5.56 Å². The summed E-state index contributed by atoms with van der Waals surface area (Å²) in [5.74, 6) is -0.0324. The Morgan fingerprint density at radius 2 is 1.67 bits per heavy atom. The molecule has 0 aliphatic heterocycles. The van der Waals surface area contributed by atoms with Crippen LogP contribution in [0.4, 0.5) is 5.69 Å². The molecule has 0 saturated carbocycles. The summed E-state index contributed by atoms with van der Waals surface area (Å²) < 4.78 is 12.0. The molecule has 2 amide bonds. The lowest BCUT2D eigenvalue weighted by molar-refractivity contribution is -0.118. The molecule has 184 valence electrons. The maximum absolute atomic E-state index is 12.6. The molecule has 3 aromatic rings. The Labute approximate surface area is 218 Å². The predicted molar refractivity (Wildman–Crippen MR) is 143 cm³/mol. The Morgan fingerprint density at radius 1 is 1.00 bits per heavy atom. The molecule has 0 aliphatic carbocycles. The van der Waals surface area contributed by atoms with Gasteiger partial charge in [0.25, 0.3) is 11.8 Å². The van der Waals surface area contributed by atoms with Crippen molar-refractivity contribution in [2.24, 2.45) is 0 Å². The highest BCUT2D eigenvalue weighted by Crippen LogP contribution is 2.35. The summed E-state index contributed by atoms with van der Waals surface area (Å²) in [6.45, 7) is 2.38. The number of anilines is 1. The maximum Gasteiger partial charge on any atom is 0.262 e. The number of carbonyl (C=O) groups is 2. The van der Waals surface area contributed by atoms with E-state index in [2.05, 4.69) is 26.6 Å². The van der Waals surface area contributed by atoms with E-state index in [4.69, 9.17) is 9.47 Å². The highest BCUT2D eigenvalue weighted by molar-refractivity contribution is 9.10. The third-order valence-corrected chi connectivity index (χ3v) is 5.67. The first-order chi connectivity index (χ1) is 17.5.